The number of benzene rings is 1. The smallest absolute Gasteiger partial charge is 0.243 e. The summed E-state index contributed by atoms with van der Waals surface area (Å²) < 4.78 is 46.4. The molecule has 4 rings (SSSR count). The van der Waals surface area contributed by atoms with Crippen molar-refractivity contribution < 1.29 is 17.5 Å². The molecule has 1 aliphatic heterocycles. The average molecular weight is 418 g/mol. The Morgan fingerprint density at radius 3 is 2.86 bits per heavy atom. The van der Waals surface area contributed by atoms with Gasteiger partial charge in [0, 0.05) is 18.8 Å². The van der Waals surface area contributed by atoms with Gasteiger partial charge in [-0.3, -0.25) is 4.98 Å². The molecule has 1 atom stereocenters. The molecule has 0 radical (unpaired) electrons. The highest BCUT2D eigenvalue weighted by atomic mass is 32.2. The maximum atomic E-state index is 14.0. The number of sulfonamides is 1. The van der Waals surface area contributed by atoms with Crippen molar-refractivity contribution in [3.63, 3.8) is 0 Å². The zero-order valence-corrected chi connectivity index (χ0v) is 16.5. The number of nitrogens with zero attached hydrogens (tertiary/aromatic N) is 6. The predicted octanol–water partition coefficient (Wildman–Crippen LogP) is 1.74. The van der Waals surface area contributed by atoms with E-state index in [1.807, 2.05) is 6.07 Å². The van der Waals surface area contributed by atoms with E-state index in [-0.39, 0.29) is 23.2 Å². The van der Waals surface area contributed by atoms with Crippen LogP contribution in [-0.4, -0.2) is 57.6 Å². The topological polar surface area (TPSA) is 103 Å². The van der Waals surface area contributed by atoms with E-state index in [4.69, 9.17) is 4.74 Å². The Bertz CT molecular complexity index is 1110. The summed E-state index contributed by atoms with van der Waals surface area (Å²) in [6, 6.07) is 8.67. The lowest BCUT2D eigenvalue weighted by Gasteiger charge is -2.23. The second-order valence-electron chi connectivity index (χ2n) is 6.59. The molecule has 1 saturated heterocycles. The van der Waals surface area contributed by atoms with E-state index < -0.39 is 15.8 Å². The van der Waals surface area contributed by atoms with Gasteiger partial charge in [-0.25, -0.2) is 12.8 Å². The van der Waals surface area contributed by atoms with Crippen LogP contribution in [0.5, 0.6) is 5.75 Å². The van der Waals surface area contributed by atoms with E-state index in [9.17, 15) is 12.8 Å². The number of hydrogen-bond acceptors (Lipinski definition) is 7. The minimum Gasteiger partial charge on any atom is -0.494 e. The van der Waals surface area contributed by atoms with Crippen LogP contribution in [-0.2, 0) is 16.6 Å². The fourth-order valence-corrected chi connectivity index (χ4v) is 5.05. The summed E-state index contributed by atoms with van der Waals surface area (Å²) in [6.45, 7) is 0.597. The third-order valence-electron chi connectivity index (χ3n) is 4.77. The van der Waals surface area contributed by atoms with Gasteiger partial charge in [0.2, 0.25) is 15.8 Å². The maximum absolute atomic E-state index is 14.0. The molecule has 3 aromatic rings. The second kappa shape index (κ2) is 7.84. The van der Waals surface area contributed by atoms with Crippen molar-refractivity contribution in [2.75, 3.05) is 13.7 Å². The summed E-state index contributed by atoms with van der Waals surface area (Å²) in [5.41, 5.74) is 0.586. The lowest BCUT2D eigenvalue weighted by molar-refractivity contribution is 0.323. The van der Waals surface area contributed by atoms with Crippen molar-refractivity contribution in [3.8, 4) is 17.3 Å². The molecule has 0 spiro atoms. The molecule has 1 fully saturated rings. The fourth-order valence-electron chi connectivity index (χ4n) is 3.36. The van der Waals surface area contributed by atoms with Crippen molar-refractivity contribution >= 4 is 10.0 Å². The molecule has 0 N–H and O–H groups in total. The van der Waals surface area contributed by atoms with Crippen LogP contribution in [0.1, 0.15) is 12.8 Å². The summed E-state index contributed by atoms with van der Waals surface area (Å²) in [6.07, 6.45) is 2.98. The van der Waals surface area contributed by atoms with Crippen LogP contribution >= 0.6 is 0 Å². The Hall–Kier alpha value is -2.92. The standard InChI is InChI=1S/C18H19FN6O3S/c1-28-17-8-7-14(11-15(17)19)29(26,27)24-10-4-5-13(24)12-25-22-18(21-23-25)16-6-2-3-9-20-16/h2-3,6-9,11,13H,4-5,10,12H2,1H3/t13-/m1/s1. The van der Waals surface area contributed by atoms with Crippen molar-refractivity contribution in [2.45, 2.75) is 30.3 Å². The molecule has 1 aliphatic rings. The van der Waals surface area contributed by atoms with Gasteiger partial charge < -0.3 is 4.74 Å². The van der Waals surface area contributed by atoms with Gasteiger partial charge >= 0.3 is 0 Å². The average Bonchev–Trinajstić information content (AvgIpc) is 3.39. The Morgan fingerprint density at radius 1 is 1.28 bits per heavy atom. The normalized spacial score (nSPS) is 17.5. The Kier molecular flexibility index (Phi) is 5.24. The van der Waals surface area contributed by atoms with E-state index >= 15 is 0 Å². The van der Waals surface area contributed by atoms with Gasteiger partial charge in [0.1, 0.15) is 5.69 Å². The summed E-state index contributed by atoms with van der Waals surface area (Å²) in [4.78, 5) is 5.44. The largest absolute Gasteiger partial charge is 0.494 e. The van der Waals surface area contributed by atoms with E-state index in [1.165, 1.54) is 28.3 Å². The number of hydrogen-bond donors (Lipinski definition) is 0. The number of pyridine rings is 1. The molecule has 0 bridgehead atoms. The van der Waals surface area contributed by atoms with Crippen LogP contribution in [0.15, 0.2) is 47.5 Å². The van der Waals surface area contributed by atoms with Gasteiger partial charge in [-0.05, 0) is 48.4 Å². The summed E-state index contributed by atoms with van der Waals surface area (Å²) >= 11 is 0. The van der Waals surface area contributed by atoms with Crippen LogP contribution in [0.2, 0.25) is 0 Å². The first-order valence-electron chi connectivity index (χ1n) is 9.03. The van der Waals surface area contributed by atoms with Crippen molar-refractivity contribution in [2.24, 2.45) is 0 Å². The summed E-state index contributed by atoms with van der Waals surface area (Å²) in [7, 11) is -2.54. The van der Waals surface area contributed by atoms with Gasteiger partial charge in [-0.1, -0.05) is 6.07 Å². The van der Waals surface area contributed by atoms with Crippen molar-refractivity contribution in [3.05, 3.63) is 48.4 Å². The molecule has 0 amide bonds. The number of aromatic nitrogens is 5. The van der Waals surface area contributed by atoms with Gasteiger partial charge in [-0.2, -0.15) is 9.10 Å². The van der Waals surface area contributed by atoms with Gasteiger partial charge in [0.05, 0.1) is 18.6 Å². The molecule has 0 aliphatic carbocycles. The minimum atomic E-state index is -3.86. The molecule has 152 valence electrons. The van der Waals surface area contributed by atoms with Crippen molar-refractivity contribution in [1.29, 1.82) is 0 Å². The molecular weight excluding hydrogens is 399 g/mol. The lowest BCUT2D eigenvalue weighted by Crippen LogP contribution is -2.38. The highest BCUT2D eigenvalue weighted by Crippen LogP contribution is 2.29. The Labute approximate surface area is 167 Å². The first-order chi connectivity index (χ1) is 14.0. The quantitative estimate of drug-likeness (QED) is 0.601. The maximum Gasteiger partial charge on any atom is 0.243 e. The monoisotopic (exact) mass is 418 g/mol. The highest BCUT2D eigenvalue weighted by molar-refractivity contribution is 7.89. The molecule has 29 heavy (non-hydrogen) atoms. The SMILES string of the molecule is COc1ccc(S(=O)(=O)N2CCC[C@@H]2Cn2nnc(-c3ccccn3)n2)cc1F. The molecule has 0 saturated carbocycles. The first-order valence-corrected chi connectivity index (χ1v) is 10.5. The molecule has 3 heterocycles. The predicted molar refractivity (Wildman–Crippen MR) is 101 cm³/mol. The second-order valence-corrected chi connectivity index (χ2v) is 8.48. The lowest BCUT2D eigenvalue weighted by atomic mass is 10.2. The van der Waals surface area contributed by atoms with Crippen LogP contribution in [0.4, 0.5) is 4.39 Å². The third kappa shape index (κ3) is 3.83. The van der Waals surface area contributed by atoms with E-state index in [1.54, 1.807) is 18.3 Å². The molecule has 11 heteroatoms. The zero-order chi connectivity index (χ0) is 20.4. The van der Waals surface area contributed by atoms with Crippen LogP contribution < -0.4 is 4.74 Å². The van der Waals surface area contributed by atoms with Crippen LogP contribution in [0.3, 0.4) is 0 Å². The molecule has 1 aromatic carbocycles. The molecular formula is C18H19FN6O3S. The first kappa shape index (κ1) is 19.4. The summed E-state index contributed by atoms with van der Waals surface area (Å²) in [5, 5.41) is 12.3. The van der Waals surface area contributed by atoms with Crippen molar-refractivity contribution in [1.82, 2.24) is 29.5 Å². The zero-order valence-electron chi connectivity index (χ0n) is 15.6. The highest BCUT2D eigenvalue weighted by Gasteiger charge is 2.36. The summed E-state index contributed by atoms with van der Waals surface area (Å²) in [5.74, 6) is -0.353. The number of ether oxygens (including phenoxy) is 1. The van der Waals surface area contributed by atoms with E-state index in [2.05, 4.69) is 20.4 Å². The van der Waals surface area contributed by atoms with Gasteiger partial charge in [0.15, 0.2) is 11.6 Å². The number of halogens is 1. The Morgan fingerprint density at radius 2 is 2.14 bits per heavy atom. The number of methoxy groups -OCH3 is 1. The number of rotatable bonds is 6. The molecule has 2 aromatic heterocycles. The van der Waals surface area contributed by atoms with Gasteiger partial charge in [0.25, 0.3) is 0 Å². The molecule has 9 nitrogen and oxygen atoms in total. The van der Waals surface area contributed by atoms with E-state index in [0.717, 1.165) is 6.07 Å². The fraction of sp³-hybridized carbons (Fsp3) is 0.333. The van der Waals surface area contributed by atoms with Gasteiger partial charge in [-0.15, -0.1) is 10.2 Å². The number of tetrazole rings is 1. The molecule has 0 unspecified atom stereocenters. The Balaban J connectivity index is 1.55. The minimum absolute atomic E-state index is 0.00390. The van der Waals surface area contributed by atoms with Crippen LogP contribution in [0.25, 0.3) is 11.5 Å². The van der Waals surface area contributed by atoms with E-state index in [0.29, 0.717) is 30.9 Å². The third-order valence-corrected chi connectivity index (χ3v) is 6.72. The van der Waals surface area contributed by atoms with Crippen LogP contribution in [0, 0.1) is 5.82 Å².